The van der Waals surface area contributed by atoms with Gasteiger partial charge in [0, 0.05) is 17.7 Å². The number of hydrogen-bond acceptors (Lipinski definition) is 4. The summed E-state index contributed by atoms with van der Waals surface area (Å²) < 4.78 is 159. The highest BCUT2D eigenvalue weighted by molar-refractivity contribution is 9.10. The molecule has 0 spiro atoms. The number of methoxy groups -OCH3 is 1. The van der Waals surface area contributed by atoms with Gasteiger partial charge in [0.2, 0.25) is 0 Å². The van der Waals surface area contributed by atoms with Crippen LogP contribution in [-0.2, 0) is 31.2 Å². The van der Waals surface area contributed by atoms with Crippen LogP contribution in [0.4, 0.5) is 58.5 Å². The van der Waals surface area contributed by atoms with E-state index in [-0.39, 0.29) is 39.5 Å². The lowest BCUT2D eigenvalue weighted by atomic mass is 10.1. The molecular formula is C34H22BrF12N3O. The Morgan fingerprint density at radius 1 is 0.529 bits per heavy atom. The average molecular weight is 796 g/mol. The minimum absolute atomic E-state index is 0.0458. The highest BCUT2D eigenvalue weighted by Crippen LogP contribution is 2.37. The molecular weight excluding hydrogens is 774 g/mol. The maximum absolute atomic E-state index is 13.3. The van der Waals surface area contributed by atoms with Crippen molar-refractivity contribution in [3.63, 3.8) is 0 Å². The molecule has 0 saturated heterocycles. The summed E-state index contributed by atoms with van der Waals surface area (Å²) >= 11 is 2.86. The molecule has 0 fully saturated rings. The van der Waals surface area contributed by atoms with Crippen LogP contribution in [0.3, 0.4) is 0 Å². The Labute approximate surface area is 290 Å². The van der Waals surface area contributed by atoms with Gasteiger partial charge < -0.3 is 10.1 Å². The quantitative estimate of drug-likeness (QED) is 0.137. The van der Waals surface area contributed by atoms with Crippen molar-refractivity contribution in [3.8, 4) is 28.3 Å². The molecule has 0 aliphatic heterocycles. The first-order valence-corrected chi connectivity index (χ1v) is 15.0. The van der Waals surface area contributed by atoms with Crippen molar-refractivity contribution < 1.29 is 57.4 Å². The molecule has 0 unspecified atom stereocenters. The molecule has 17 heteroatoms. The third-order valence-electron chi connectivity index (χ3n) is 6.92. The number of pyridine rings is 2. The van der Waals surface area contributed by atoms with Gasteiger partial charge in [-0.25, -0.2) is 9.97 Å². The molecule has 2 aromatic heterocycles. The maximum Gasteiger partial charge on any atom is 0.416 e. The molecule has 5 aromatic rings. The molecule has 0 saturated carbocycles. The van der Waals surface area contributed by atoms with Gasteiger partial charge in [0.25, 0.3) is 0 Å². The van der Waals surface area contributed by atoms with Crippen LogP contribution in [0.5, 0.6) is 5.75 Å². The van der Waals surface area contributed by atoms with Crippen molar-refractivity contribution in [2.45, 2.75) is 31.2 Å². The van der Waals surface area contributed by atoms with E-state index in [1.807, 2.05) is 0 Å². The number of nitrogens with one attached hydrogen (secondary N) is 1. The van der Waals surface area contributed by atoms with Crippen molar-refractivity contribution in [3.05, 3.63) is 129 Å². The van der Waals surface area contributed by atoms with Crippen molar-refractivity contribution in [2.24, 2.45) is 0 Å². The first kappa shape index (κ1) is 39.0. The average Bonchev–Trinajstić information content (AvgIpc) is 3.06. The molecule has 4 nitrogen and oxygen atoms in total. The van der Waals surface area contributed by atoms with Crippen molar-refractivity contribution >= 4 is 21.7 Å². The Morgan fingerprint density at radius 2 is 0.941 bits per heavy atom. The summed E-state index contributed by atoms with van der Waals surface area (Å²) in [5.41, 5.74) is -2.72. The van der Waals surface area contributed by atoms with Crippen LogP contribution >= 0.6 is 15.9 Å². The van der Waals surface area contributed by atoms with E-state index >= 15 is 0 Å². The zero-order valence-corrected chi connectivity index (χ0v) is 27.2. The van der Waals surface area contributed by atoms with E-state index in [0.29, 0.717) is 5.75 Å². The van der Waals surface area contributed by atoms with Gasteiger partial charge >= 0.3 is 24.7 Å². The SMILES string of the molecule is COc1ccc(CNc2cc(C(F)(F)F)cc(-c3ccc(C(F)(F)F)cc3)n2)cc1.FC(F)(F)c1ccc(-c2cc(C(F)(F)F)cc(Br)n2)cc1. The first-order chi connectivity index (χ1) is 23.6. The van der Waals surface area contributed by atoms with Gasteiger partial charge in [0.05, 0.1) is 40.8 Å². The van der Waals surface area contributed by atoms with Gasteiger partial charge in [-0.05, 0) is 82.2 Å². The normalized spacial score (nSPS) is 12.2. The lowest BCUT2D eigenvalue weighted by molar-refractivity contribution is -0.138. The second kappa shape index (κ2) is 15.2. The number of ether oxygens (including phenoxy) is 1. The van der Waals surface area contributed by atoms with Gasteiger partial charge in [-0.1, -0.05) is 36.4 Å². The van der Waals surface area contributed by atoms with Gasteiger partial charge in [0.1, 0.15) is 16.2 Å². The van der Waals surface area contributed by atoms with E-state index in [1.165, 1.54) is 7.11 Å². The number of aromatic nitrogens is 2. The zero-order chi connectivity index (χ0) is 37.8. The molecule has 51 heavy (non-hydrogen) atoms. The lowest BCUT2D eigenvalue weighted by Crippen LogP contribution is -2.09. The molecule has 0 atom stereocenters. The summed E-state index contributed by atoms with van der Waals surface area (Å²) in [7, 11) is 1.52. The molecule has 0 aliphatic rings. The summed E-state index contributed by atoms with van der Waals surface area (Å²) in [5.74, 6) is 0.594. The maximum atomic E-state index is 13.3. The van der Waals surface area contributed by atoms with Crippen molar-refractivity contribution in [1.82, 2.24) is 9.97 Å². The molecule has 2 heterocycles. The summed E-state index contributed by atoms with van der Waals surface area (Å²) in [6.07, 6.45) is -18.2. The van der Waals surface area contributed by atoms with Crippen LogP contribution in [0.2, 0.25) is 0 Å². The Balaban J connectivity index is 0.000000244. The van der Waals surface area contributed by atoms with Crippen molar-refractivity contribution in [2.75, 3.05) is 12.4 Å². The molecule has 5 rings (SSSR count). The fraction of sp³-hybridized carbons (Fsp3) is 0.176. The minimum atomic E-state index is -4.64. The lowest BCUT2D eigenvalue weighted by Gasteiger charge is -2.14. The molecule has 0 bridgehead atoms. The highest BCUT2D eigenvalue weighted by Gasteiger charge is 2.34. The van der Waals surface area contributed by atoms with Crippen LogP contribution < -0.4 is 10.1 Å². The molecule has 1 N–H and O–H groups in total. The van der Waals surface area contributed by atoms with E-state index < -0.39 is 47.0 Å². The fourth-order valence-corrected chi connectivity index (χ4v) is 4.77. The van der Waals surface area contributed by atoms with Gasteiger partial charge in [-0.3, -0.25) is 0 Å². The van der Waals surface area contributed by atoms with E-state index in [0.717, 1.165) is 78.4 Å². The number of halogens is 13. The molecule has 0 radical (unpaired) electrons. The van der Waals surface area contributed by atoms with Gasteiger partial charge in [-0.15, -0.1) is 0 Å². The second-order valence-electron chi connectivity index (χ2n) is 10.5. The minimum Gasteiger partial charge on any atom is -0.497 e. The Bertz CT molecular complexity index is 1920. The summed E-state index contributed by atoms with van der Waals surface area (Å²) in [5, 5.41) is 2.82. The van der Waals surface area contributed by atoms with Gasteiger partial charge in [-0.2, -0.15) is 52.7 Å². The fourth-order valence-electron chi connectivity index (χ4n) is 4.34. The largest absolute Gasteiger partial charge is 0.497 e. The molecule has 3 aromatic carbocycles. The van der Waals surface area contributed by atoms with Crippen LogP contribution in [0, 0.1) is 0 Å². The third kappa shape index (κ3) is 10.8. The molecule has 0 amide bonds. The van der Waals surface area contributed by atoms with E-state index in [1.54, 1.807) is 24.3 Å². The van der Waals surface area contributed by atoms with Crippen LogP contribution in [0.15, 0.2) is 102 Å². The van der Waals surface area contributed by atoms with Crippen LogP contribution in [-0.4, -0.2) is 17.1 Å². The van der Waals surface area contributed by atoms with Crippen molar-refractivity contribution in [1.29, 1.82) is 0 Å². The van der Waals surface area contributed by atoms with Crippen LogP contribution in [0.1, 0.15) is 27.8 Å². The summed E-state index contributed by atoms with van der Waals surface area (Å²) in [6.45, 7) is 0.199. The van der Waals surface area contributed by atoms with E-state index in [4.69, 9.17) is 4.74 Å². The number of alkyl halides is 12. The highest BCUT2D eigenvalue weighted by atomic mass is 79.9. The number of nitrogens with zero attached hydrogens (tertiary/aromatic N) is 2. The smallest absolute Gasteiger partial charge is 0.416 e. The predicted molar refractivity (Wildman–Crippen MR) is 167 cm³/mol. The third-order valence-corrected chi connectivity index (χ3v) is 7.33. The standard InChI is InChI=1S/C21H16F6N2O.C13H6BrF6N/c1-30-17-8-2-13(3-9-17)12-28-19-11-16(21(25,26)27)10-18(29-19)14-4-6-15(7-5-14)20(22,23)24;14-11-6-9(13(18,19)20)5-10(21-11)7-1-3-8(4-2-7)12(15,16)17/h2-11H,12H2,1H3,(H,28,29);1-6H. The molecule has 270 valence electrons. The topological polar surface area (TPSA) is 47.0 Å². The monoisotopic (exact) mass is 795 g/mol. The Kier molecular flexibility index (Phi) is 11.6. The zero-order valence-electron chi connectivity index (χ0n) is 25.7. The Morgan fingerprint density at radius 3 is 1.35 bits per heavy atom. The van der Waals surface area contributed by atoms with Crippen LogP contribution in [0.25, 0.3) is 22.5 Å². The first-order valence-electron chi connectivity index (χ1n) is 14.2. The van der Waals surface area contributed by atoms with Gasteiger partial charge in [0.15, 0.2) is 0 Å². The summed E-state index contributed by atoms with van der Waals surface area (Å²) in [6, 6.07) is 17.7. The number of rotatable bonds is 6. The number of benzene rings is 3. The number of anilines is 1. The Hall–Kier alpha value is -4.80. The predicted octanol–water partition coefficient (Wildman–Crippen LogP) is 12.0. The second-order valence-corrected chi connectivity index (χ2v) is 11.3. The van der Waals surface area contributed by atoms with E-state index in [9.17, 15) is 52.7 Å². The number of hydrogen-bond donors (Lipinski definition) is 1. The molecule has 0 aliphatic carbocycles. The summed E-state index contributed by atoms with van der Waals surface area (Å²) in [4.78, 5) is 7.99. The van der Waals surface area contributed by atoms with E-state index in [2.05, 4.69) is 31.2 Å².